The highest BCUT2D eigenvalue weighted by atomic mass is 16.8. The van der Waals surface area contributed by atoms with Crippen molar-refractivity contribution in [2.45, 2.75) is 57.6 Å². The molecule has 6 atom stereocenters. The van der Waals surface area contributed by atoms with E-state index in [0.29, 0.717) is 12.3 Å². The lowest BCUT2D eigenvalue weighted by molar-refractivity contribution is -0.184. The Kier molecular flexibility index (Phi) is 5.07. The number of ether oxygens (including phenoxy) is 4. The standard InChI is InChI=1S/C23H26N2O7/c1-4-29-21(28)18-16-15(19(26)24-20(16)27)17(25(18)11-12-8-6-5-7-9-12)13-10-14-22(30-13)32-23(2,3)31-14/h5-10,14-18,22H,4,11H2,1-3H3,(H,24,26,27)/t14-,15+,16-,17-,18+,22-/m1/s1. The van der Waals surface area contributed by atoms with Crippen LogP contribution >= 0.6 is 0 Å². The van der Waals surface area contributed by atoms with Crippen LogP contribution in [0.15, 0.2) is 42.2 Å². The molecule has 0 aromatic heterocycles. The minimum absolute atomic E-state index is 0.173. The Hall–Kier alpha value is -2.75. The molecule has 4 aliphatic heterocycles. The number of carbonyl (C=O) groups is 3. The first-order valence-corrected chi connectivity index (χ1v) is 10.8. The number of nitrogens with zero attached hydrogens (tertiary/aromatic N) is 1. The predicted octanol–water partition coefficient (Wildman–Crippen LogP) is 1.08. The van der Waals surface area contributed by atoms with E-state index in [1.807, 2.05) is 35.2 Å². The maximum atomic E-state index is 13.0. The molecule has 1 N–H and O–H groups in total. The van der Waals surface area contributed by atoms with Crippen LogP contribution in [0.2, 0.25) is 0 Å². The van der Waals surface area contributed by atoms with Crippen LogP contribution in [0.4, 0.5) is 0 Å². The van der Waals surface area contributed by atoms with Crippen LogP contribution < -0.4 is 5.32 Å². The van der Waals surface area contributed by atoms with Crippen LogP contribution in [-0.4, -0.2) is 59.6 Å². The average molecular weight is 442 g/mol. The molecule has 0 radical (unpaired) electrons. The molecule has 170 valence electrons. The minimum atomic E-state index is -0.917. The lowest BCUT2D eigenvalue weighted by atomic mass is 9.88. The first kappa shape index (κ1) is 21.1. The second kappa shape index (κ2) is 7.68. The Labute approximate surface area is 185 Å². The fraction of sp³-hybridized carbons (Fsp3) is 0.522. The molecule has 4 aliphatic rings. The molecule has 4 heterocycles. The molecule has 1 aromatic carbocycles. The monoisotopic (exact) mass is 442 g/mol. The minimum Gasteiger partial charge on any atom is -0.465 e. The van der Waals surface area contributed by atoms with Gasteiger partial charge >= 0.3 is 5.97 Å². The molecule has 9 nitrogen and oxygen atoms in total. The van der Waals surface area contributed by atoms with Crippen molar-refractivity contribution in [2.75, 3.05) is 6.61 Å². The number of rotatable bonds is 5. The Balaban J connectivity index is 1.55. The summed E-state index contributed by atoms with van der Waals surface area (Å²) in [5.74, 6) is -3.37. The van der Waals surface area contributed by atoms with E-state index >= 15 is 0 Å². The first-order chi connectivity index (χ1) is 15.3. The topological polar surface area (TPSA) is 103 Å². The number of carbonyl (C=O) groups excluding carboxylic acids is 3. The summed E-state index contributed by atoms with van der Waals surface area (Å²) >= 11 is 0. The molecule has 0 aliphatic carbocycles. The van der Waals surface area contributed by atoms with E-state index in [-0.39, 0.29) is 6.61 Å². The number of likely N-dealkylation sites (tertiary alicyclic amines) is 1. The number of nitrogens with one attached hydrogen (secondary N) is 1. The average Bonchev–Trinajstić information content (AvgIpc) is 3.41. The quantitative estimate of drug-likeness (QED) is 0.534. The SMILES string of the molecule is CCOC(=O)[C@@H]1[C@@H]2C(=O)NC(=O)[C@@H]2[C@@H](C2=C[C@H]3OC(C)(C)O[C@H]3O2)N1Cc1ccccc1. The Morgan fingerprint density at radius 2 is 1.84 bits per heavy atom. The molecule has 0 bridgehead atoms. The highest BCUT2D eigenvalue weighted by Gasteiger charge is 2.64. The van der Waals surface area contributed by atoms with Gasteiger partial charge in [-0.15, -0.1) is 0 Å². The molecule has 2 amide bonds. The summed E-state index contributed by atoms with van der Waals surface area (Å²) in [6.07, 6.45) is 0.723. The van der Waals surface area contributed by atoms with Gasteiger partial charge in [0.2, 0.25) is 18.1 Å². The van der Waals surface area contributed by atoms with Crippen LogP contribution in [0.5, 0.6) is 0 Å². The maximum Gasteiger partial charge on any atom is 0.324 e. The zero-order chi connectivity index (χ0) is 22.6. The lowest BCUT2D eigenvalue weighted by Crippen LogP contribution is -2.48. The van der Waals surface area contributed by atoms with E-state index < -0.39 is 59.9 Å². The van der Waals surface area contributed by atoms with Gasteiger partial charge in [0.1, 0.15) is 17.9 Å². The van der Waals surface area contributed by atoms with Gasteiger partial charge in [-0.1, -0.05) is 30.3 Å². The van der Waals surface area contributed by atoms with Gasteiger partial charge in [-0.2, -0.15) is 0 Å². The highest BCUT2D eigenvalue weighted by Crippen LogP contribution is 2.47. The van der Waals surface area contributed by atoms with E-state index in [9.17, 15) is 14.4 Å². The third-order valence-electron chi connectivity index (χ3n) is 6.33. The lowest BCUT2D eigenvalue weighted by Gasteiger charge is -2.32. The molecule has 0 unspecified atom stereocenters. The van der Waals surface area contributed by atoms with Gasteiger partial charge in [0, 0.05) is 6.54 Å². The van der Waals surface area contributed by atoms with Crippen molar-refractivity contribution in [3.05, 3.63) is 47.7 Å². The summed E-state index contributed by atoms with van der Waals surface area (Å²) in [5.41, 5.74) is 0.937. The molecule has 3 saturated heterocycles. The van der Waals surface area contributed by atoms with E-state index in [1.54, 1.807) is 26.8 Å². The first-order valence-electron chi connectivity index (χ1n) is 10.8. The van der Waals surface area contributed by atoms with Crippen LogP contribution in [0.25, 0.3) is 0 Å². The molecule has 1 aromatic rings. The van der Waals surface area contributed by atoms with Gasteiger partial charge in [-0.25, -0.2) is 0 Å². The van der Waals surface area contributed by atoms with Crippen LogP contribution in [0.3, 0.4) is 0 Å². The number of hydrogen-bond acceptors (Lipinski definition) is 8. The number of fused-ring (bicyclic) bond motifs is 2. The van der Waals surface area contributed by atoms with Crippen LogP contribution in [-0.2, 0) is 39.9 Å². The number of amides is 2. The molecular formula is C23H26N2O7. The van der Waals surface area contributed by atoms with Crippen molar-refractivity contribution >= 4 is 17.8 Å². The van der Waals surface area contributed by atoms with Gasteiger partial charge < -0.3 is 18.9 Å². The van der Waals surface area contributed by atoms with Gasteiger partial charge in [0.25, 0.3) is 0 Å². The molecule has 3 fully saturated rings. The van der Waals surface area contributed by atoms with Gasteiger partial charge in [0.15, 0.2) is 5.79 Å². The molecule has 5 rings (SSSR count). The third-order valence-corrected chi connectivity index (χ3v) is 6.33. The number of benzene rings is 1. The second-order valence-corrected chi connectivity index (χ2v) is 8.86. The van der Waals surface area contributed by atoms with Crippen molar-refractivity contribution in [2.24, 2.45) is 11.8 Å². The van der Waals surface area contributed by atoms with E-state index in [0.717, 1.165) is 5.56 Å². The van der Waals surface area contributed by atoms with Crippen molar-refractivity contribution in [1.82, 2.24) is 10.2 Å². The molecule has 32 heavy (non-hydrogen) atoms. The van der Waals surface area contributed by atoms with E-state index in [4.69, 9.17) is 18.9 Å². The fourth-order valence-corrected chi connectivity index (χ4v) is 5.19. The number of hydrogen-bond donors (Lipinski definition) is 1. The summed E-state index contributed by atoms with van der Waals surface area (Å²) in [7, 11) is 0. The second-order valence-electron chi connectivity index (χ2n) is 8.86. The van der Waals surface area contributed by atoms with E-state index in [1.165, 1.54) is 0 Å². The fourth-order valence-electron chi connectivity index (χ4n) is 5.19. The predicted molar refractivity (Wildman–Crippen MR) is 109 cm³/mol. The van der Waals surface area contributed by atoms with Gasteiger partial charge in [0.05, 0.1) is 24.5 Å². The van der Waals surface area contributed by atoms with Crippen LogP contribution in [0.1, 0.15) is 26.3 Å². The van der Waals surface area contributed by atoms with Crippen molar-refractivity contribution in [3.8, 4) is 0 Å². The van der Waals surface area contributed by atoms with Gasteiger partial charge in [-0.3, -0.25) is 24.6 Å². The summed E-state index contributed by atoms with van der Waals surface area (Å²) < 4.78 is 23.1. The summed E-state index contributed by atoms with van der Waals surface area (Å²) in [4.78, 5) is 40.5. The molecule has 0 saturated carbocycles. The Morgan fingerprint density at radius 3 is 2.53 bits per heavy atom. The van der Waals surface area contributed by atoms with Crippen LogP contribution in [0, 0.1) is 11.8 Å². The van der Waals surface area contributed by atoms with E-state index in [2.05, 4.69) is 5.32 Å². The molecule has 9 heteroatoms. The Morgan fingerprint density at radius 1 is 1.12 bits per heavy atom. The van der Waals surface area contributed by atoms with Crippen molar-refractivity contribution < 1.29 is 33.3 Å². The summed E-state index contributed by atoms with van der Waals surface area (Å²) in [5, 5.41) is 2.39. The van der Waals surface area contributed by atoms with Crippen molar-refractivity contribution in [3.63, 3.8) is 0 Å². The zero-order valence-corrected chi connectivity index (χ0v) is 18.1. The number of esters is 1. The molecular weight excluding hydrogens is 416 g/mol. The normalized spacial score (nSPS) is 35.2. The third kappa shape index (κ3) is 3.41. The largest absolute Gasteiger partial charge is 0.465 e. The van der Waals surface area contributed by atoms with Crippen molar-refractivity contribution in [1.29, 1.82) is 0 Å². The van der Waals surface area contributed by atoms with Gasteiger partial charge in [-0.05, 0) is 32.4 Å². The smallest absolute Gasteiger partial charge is 0.324 e. The summed E-state index contributed by atoms with van der Waals surface area (Å²) in [6, 6.07) is 8.02. The zero-order valence-electron chi connectivity index (χ0n) is 18.1. The Bertz CT molecular complexity index is 976. The highest BCUT2D eigenvalue weighted by molar-refractivity contribution is 6.08. The molecule has 0 spiro atoms. The number of imide groups is 1. The maximum absolute atomic E-state index is 13.0. The summed E-state index contributed by atoms with van der Waals surface area (Å²) in [6.45, 7) is 5.83.